The first kappa shape index (κ1) is 21.8. The molecule has 0 spiro atoms. The maximum Gasteiger partial charge on any atom is 0.333 e. The number of benzene rings is 3. The fourth-order valence-corrected chi connectivity index (χ4v) is 4.83. The van der Waals surface area contributed by atoms with Crippen molar-refractivity contribution in [1.82, 2.24) is 19.1 Å². The highest BCUT2D eigenvalue weighted by Gasteiger charge is 2.17. The van der Waals surface area contributed by atoms with Gasteiger partial charge in [0.05, 0.1) is 40.0 Å². The molecule has 0 aliphatic carbocycles. The number of hydrogen-bond acceptors (Lipinski definition) is 4. The molecule has 6 aromatic rings. The van der Waals surface area contributed by atoms with Crippen LogP contribution in [0.25, 0.3) is 49.7 Å². The van der Waals surface area contributed by atoms with Crippen molar-refractivity contribution in [3.8, 4) is 22.9 Å². The number of imidazole rings is 1. The molecule has 0 saturated heterocycles. The number of hydrogen-bond donors (Lipinski definition) is 0. The Morgan fingerprint density at radius 2 is 1.69 bits per heavy atom. The second kappa shape index (κ2) is 8.47. The van der Waals surface area contributed by atoms with Gasteiger partial charge in [0.2, 0.25) is 0 Å². The minimum atomic E-state index is -0.129. The fourth-order valence-electron chi connectivity index (χ4n) is 4.83. The predicted octanol–water partition coefficient (Wildman–Crippen LogP) is 5.79. The number of rotatable bonds is 4. The van der Waals surface area contributed by atoms with Crippen LogP contribution in [-0.4, -0.2) is 19.1 Å². The molecule has 0 bridgehead atoms. The van der Waals surface area contributed by atoms with Crippen LogP contribution in [0.2, 0.25) is 0 Å². The third kappa shape index (κ3) is 3.53. The Kier molecular flexibility index (Phi) is 5.12. The van der Waals surface area contributed by atoms with Crippen molar-refractivity contribution in [1.29, 1.82) is 5.26 Å². The maximum absolute atomic E-state index is 13.4. The Balaban J connectivity index is 1.55. The van der Waals surface area contributed by atoms with Gasteiger partial charge in [-0.05, 0) is 60.9 Å². The summed E-state index contributed by atoms with van der Waals surface area (Å²) >= 11 is 0. The van der Waals surface area contributed by atoms with Gasteiger partial charge in [-0.3, -0.25) is 19.1 Å². The van der Waals surface area contributed by atoms with E-state index in [9.17, 15) is 4.79 Å². The zero-order valence-electron chi connectivity index (χ0n) is 20.0. The number of pyridine rings is 2. The molecule has 0 aliphatic rings. The molecule has 0 fully saturated rings. The molecule has 0 amide bonds. The molecule has 6 heteroatoms. The van der Waals surface area contributed by atoms with Gasteiger partial charge < -0.3 is 0 Å². The number of aromatic nitrogens is 4. The van der Waals surface area contributed by atoms with E-state index < -0.39 is 0 Å². The predicted molar refractivity (Wildman–Crippen MR) is 143 cm³/mol. The lowest BCUT2D eigenvalue weighted by molar-refractivity contribution is 0.738. The van der Waals surface area contributed by atoms with Crippen LogP contribution in [0.15, 0.2) is 90.0 Å². The van der Waals surface area contributed by atoms with Gasteiger partial charge in [0.1, 0.15) is 0 Å². The highest BCUT2D eigenvalue weighted by molar-refractivity contribution is 6.04. The standard InChI is InChI=1S/C30H23N5O/c1-19(16-31)13-20-7-10-24(11-8-20)35-29-25-15-21(23-14-22-5-3-4-6-26(22)32-17-23)9-12-27(25)33-18-28(29)34(2)30(35)36/h3-12,14-15,17-19H,13H2,1-2H3. The van der Waals surface area contributed by atoms with Gasteiger partial charge in [0.15, 0.2) is 0 Å². The smallest absolute Gasteiger partial charge is 0.293 e. The van der Waals surface area contributed by atoms with Crippen molar-refractivity contribution in [2.75, 3.05) is 0 Å². The van der Waals surface area contributed by atoms with E-state index in [1.54, 1.807) is 22.4 Å². The summed E-state index contributed by atoms with van der Waals surface area (Å²) in [5.74, 6) is -0.0610. The van der Waals surface area contributed by atoms with Gasteiger partial charge in [0, 0.05) is 35.5 Å². The molecule has 6 rings (SSSR count). The van der Waals surface area contributed by atoms with Crippen LogP contribution in [0.3, 0.4) is 0 Å². The lowest BCUT2D eigenvalue weighted by Gasteiger charge is -2.09. The summed E-state index contributed by atoms with van der Waals surface area (Å²) in [5, 5.41) is 11.1. The Bertz CT molecular complexity index is 1870. The van der Waals surface area contributed by atoms with Crippen LogP contribution < -0.4 is 5.69 Å². The molecule has 3 heterocycles. The van der Waals surface area contributed by atoms with E-state index in [1.165, 1.54) is 0 Å². The van der Waals surface area contributed by atoms with Crippen molar-refractivity contribution in [3.05, 3.63) is 101 Å². The molecular formula is C30H23N5O. The van der Waals surface area contributed by atoms with E-state index in [1.807, 2.05) is 67.7 Å². The molecule has 1 atom stereocenters. The van der Waals surface area contributed by atoms with Crippen LogP contribution in [-0.2, 0) is 13.5 Å². The zero-order chi connectivity index (χ0) is 24.8. The summed E-state index contributed by atoms with van der Waals surface area (Å²) in [7, 11) is 1.77. The van der Waals surface area contributed by atoms with Crippen molar-refractivity contribution in [3.63, 3.8) is 0 Å². The molecule has 0 saturated carbocycles. The third-order valence-electron chi connectivity index (χ3n) is 6.76. The lowest BCUT2D eigenvalue weighted by atomic mass is 10.0. The lowest BCUT2D eigenvalue weighted by Crippen LogP contribution is -2.20. The Hall–Kier alpha value is -4.76. The monoisotopic (exact) mass is 469 g/mol. The summed E-state index contributed by atoms with van der Waals surface area (Å²) < 4.78 is 3.39. The maximum atomic E-state index is 13.4. The van der Waals surface area contributed by atoms with Crippen molar-refractivity contribution >= 4 is 32.8 Å². The summed E-state index contributed by atoms with van der Waals surface area (Å²) in [6.45, 7) is 1.91. The number of para-hydroxylation sites is 1. The van der Waals surface area contributed by atoms with E-state index in [0.29, 0.717) is 6.42 Å². The SMILES string of the molecule is CC(C#N)Cc1ccc(-n2c(=O)n(C)c3cnc4ccc(-c5cnc6ccccc6c5)cc4c32)cc1. The first-order valence-corrected chi connectivity index (χ1v) is 11.9. The largest absolute Gasteiger partial charge is 0.333 e. The van der Waals surface area contributed by atoms with E-state index in [-0.39, 0.29) is 11.6 Å². The number of nitriles is 1. The quantitative estimate of drug-likeness (QED) is 0.327. The van der Waals surface area contributed by atoms with E-state index in [2.05, 4.69) is 34.2 Å². The van der Waals surface area contributed by atoms with Crippen molar-refractivity contribution in [2.45, 2.75) is 13.3 Å². The van der Waals surface area contributed by atoms with E-state index >= 15 is 0 Å². The van der Waals surface area contributed by atoms with Crippen LogP contribution in [0.1, 0.15) is 12.5 Å². The first-order chi connectivity index (χ1) is 17.5. The summed E-state index contributed by atoms with van der Waals surface area (Å²) in [4.78, 5) is 22.7. The molecule has 0 N–H and O–H groups in total. The fraction of sp³-hybridized carbons (Fsp3) is 0.133. The minimum Gasteiger partial charge on any atom is -0.293 e. The molecule has 0 radical (unpaired) electrons. The van der Waals surface area contributed by atoms with E-state index in [0.717, 1.165) is 55.2 Å². The highest BCUT2D eigenvalue weighted by Crippen LogP contribution is 2.30. The third-order valence-corrected chi connectivity index (χ3v) is 6.76. The van der Waals surface area contributed by atoms with Crippen molar-refractivity contribution < 1.29 is 0 Å². The van der Waals surface area contributed by atoms with Crippen LogP contribution in [0.5, 0.6) is 0 Å². The molecular weight excluding hydrogens is 446 g/mol. The summed E-state index contributed by atoms with van der Waals surface area (Å²) in [6, 6.07) is 26.5. The van der Waals surface area contributed by atoms with Crippen LogP contribution >= 0.6 is 0 Å². The average Bonchev–Trinajstić information content (AvgIpc) is 3.18. The zero-order valence-corrected chi connectivity index (χ0v) is 20.0. The normalized spacial score (nSPS) is 12.2. The van der Waals surface area contributed by atoms with Gasteiger partial charge in [-0.15, -0.1) is 0 Å². The van der Waals surface area contributed by atoms with Crippen LogP contribution in [0, 0.1) is 17.2 Å². The van der Waals surface area contributed by atoms with E-state index in [4.69, 9.17) is 5.26 Å². The Labute approximate surface area is 207 Å². The molecule has 174 valence electrons. The number of aryl methyl sites for hydroxylation is 1. The molecule has 3 aromatic carbocycles. The Morgan fingerprint density at radius 3 is 2.50 bits per heavy atom. The molecule has 1 unspecified atom stereocenters. The highest BCUT2D eigenvalue weighted by atomic mass is 16.1. The molecule has 3 aromatic heterocycles. The molecule has 36 heavy (non-hydrogen) atoms. The van der Waals surface area contributed by atoms with Gasteiger partial charge in [0.25, 0.3) is 0 Å². The number of nitrogens with zero attached hydrogens (tertiary/aromatic N) is 5. The van der Waals surface area contributed by atoms with Crippen molar-refractivity contribution in [2.24, 2.45) is 13.0 Å². The van der Waals surface area contributed by atoms with Crippen LogP contribution in [0.4, 0.5) is 0 Å². The average molecular weight is 470 g/mol. The number of fused-ring (bicyclic) bond motifs is 4. The summed E-state index contributed by atoms with van der Waals surface area (Å²) in [6.07, 6.45) is 4.32. The second-order valence-corrected chi connectivity index (χ2v) is 9.22. The second-order valence-electron chi connectivity index (χ2n) is 9.22. The van der Waals surface area contributed by atoms with Gasteiger partial charge >= 0.3 is 5.69 Å². The Morgan fingerprint density at radius 1 is 0.917 bits per heavy atom. The molecule has 6 nitrogen and oxygen atoms in total. The van der Waals surface area contributed by atoms with Gasteiger partial charge in [-0.1, -0.05) is 36.4 Å². The first-order valence-electron chi connectivity index (χ1n) is 11.9. The summed E-state index contributed by atoms with van der Waals surface area (Å²) in [5.41, 5.74) is 7.10. The molecule has 0 aliphatic heterocycles. The van der Waals surface area contributed by atoms with Gasteiger partial charge in [-0.2, -0.15) is 5.26 Å². The topological polar surface area (TPSA) is 76.5 Å². The van der Waals surface area contributed by atoms with Gasteiger partial charge in [-0.25, -0.2) is 4.79 Å². The minimum absolute atomic E-state index is 0.0610.